The molecule has 0 aliphatic rings. The van der Waals surface area contributed by atoms with Crippen LogP contribution in [-0.4, -0.2) is 60.5 Å². The van der Waals surface area contributed by atoms with E-state index in [1.54, 1.807) is 0 Å². The predicted molar refractivity (Wildman–Crippen MR) is 89.6 cm³/mol. The monoisotopic (exact) mass is 572 g/mol. The highest BCUT2D eigenvalue weighted by atomic mass is 19.4. The molecule has 0 aliphatic heterocycles. The van der Waals surface area contributed by atoms with Crippen molar-refractivity contribution >= 4 is 5.97 Å². The molecule has 0 aromatic carbocycles. The number of carbonyl (C=O) groups is 1. The summed E-state index contributed by atoms with van der Waals surface area (Å²) in [5.41, 5.74) is 0. The zero-order chi connectivity index (χ0) is 29.0. The first kappa shape index (κ1) is 34.4. The number of ether oxygens (including phenoxy) is 1. The van der Waals surface area contributed by atoms with Gasteiger partial charge in [-0.05, 0) is 6.42 Å². The summed E-state index contributed by atoms with van der Waals surface area (Å²) >= 11 is 0. The maximum Gasteiger partial charge on any atom is 0.385 e. The normalized spacial score (nSPS) is 14.9. The fourth-order valence-corrected chi connectivity index (χ4v) is 2.55. The molecule has 0 N–H and O–H groups in total. The van der Waals surface area contributed by atoms with Gasteiger partial charge in [-0.25, -0.2) is 8.78 Å². The second-order valence-electron chi connectivity index (χ2n) is 7.68. The molecular weight excluding hydrogens is 552 g/mol. The SMILES string of the molecule is CCCCCCCCC(=O)OCC(F)(F)C(F)(F)C(F)(F)C(F)(F)C(F)(F)C(F)(F)C(F)(F)C(F)F. The van der Waals surface area contributed by atoms with Crippen molar-refractivity contribution in [3.8, 4) is 0 Å². The number of unbranched alkanes of at least 4 members (excludes halogenated alkanes) is 5. The molecule has 0 rings (SSSR count). The second kappa shape index (κ2) is 11.4. The summed E-state index contributed by atoms with van der Waals surface area (Å²) in [7, 11) is 0. The van der Waals surface area contributed by atoms with Crippen molar-refractivity contribution in [2.24, 2.45) is 0 Å². The van der Waals surface area contributed by atoms with Crippen LogP contribution in [0, 0.1) is 0 Å². The summed E-state index contributed by atoms with van der Waals surface area (Å²) < 4.78 is 215. The lowest BCUT2D eigenvalue weighted by Crippen LogP contribution is -2.74. The predicted octanol–water partition coefficient (Wildman–Crippen LogP) is 7.99. The maximum atomic E-state index is 13.6. The molecule has 0 radical (unpaired) electrons. The Bertz CT molecular complexity index is 720. The Morgan fingerprint density at radius 2 is 1.00 bits per heavy atom. The summed E-state index contributed by atoms with van der Waals surface area (Å²) in [6.45, 7) is -1.27. The van der Waals surface area contributed by atoms with Crippen molar-refractivity contribution in [2.45, 2.75) is 99.8 Å². The topological polar surface area (TPSA) is 26.3 Å². The lowest BCUT2D eigenvalue weighted by Gasteiger charge is -2.42. The van der Waals surface area contributed by atoms with Crippen LogP contribution in [0.15, 0.2) is 0 Å². The summed E-state index contributed by atoms with van der Waals surface area (Å²) in [5, 5.41) is 0. The van der Waals surface area contributed by atoms with Gasteiger partial charge in [-0.2, -0.15) is 61.5 Å². The van der Waals surface area contributed by atoms with Crippen LogP contribution in [0.4, 0.5) is 70.2 Å². The Hall–Kier alpha value is -1.65. The molecule has 0 bridgehead atoms. The van der Waals surface area contributed by atoms with Crippen LogP contribution in [0.3, 0.4) is 0 Å². The molecule has 216 valence electrons. The third-order valence-electron chi connectivity index (χ3n) is 4.88. The quantitative estimate of drug-likeness (QED) is 0.107. The average Bonchev–Trinajstić information content (AvgIpc) is 2.73. The number of carbonyl (C=O) groups excluding carboxylic acids is 1. The Morgan fingerprint density at radius 3 is 1.44 bits per heavy atom. The first-order valence-electron chi connectivity index (χ1n) is 9.98. The largest absolute Gasteiger partial charge is 0.459 e. The van der Waals surface area contributed by atoms with Crippen molar-refractivity contribution in [3.63, 3.8) is 0 Å². The van der Waals surface area contributed by atoms with Gasteiger partial charge in [0.25, 0.3) is 0 Å². The van der Waals surface area contributed by atoms with Crippen LogP contribution >= 0.6 is 0 Å². The van der Waals surface area contributed by atoms with Gasteiger partial charge in [-0.3, -0.25) is 4.79 Å². The van der Waals surface area contributed by atoms with E-state index in [-0.39, 0.29) is 6.42 Å². The fraction of sp³-hybridized carbons (Fsp3) is 0.944. The highest BCUT2D eigenvalue weighted by Gasteiger charge is 2.93. The summed E-state index contributed by atoms with van der Waals surface area (Å²) in [6.07, 6.45) is -3.53. The number of hydrogen-bond acceptors (Lipinski definition) is 2. The first-order chi connectivity index (χ1) is 15.9. The van der Waals surface area contributed by atoms with Crippen molar-refractivity contribution in [1.82, 2.24) is 0 Å². The number of esters is 1. The van der Waals surface area contributed by atoms with Crippen LogP contribution in [0.1, 0.15) is 51.9 Å². The van der Waals surface area contributed by atoms with Crippen LogP contribution in [0.2, 0.25) is 0 Å². The van der Waals surface area contributed by atoms with Gasteiger partial charge in [0, 0.05) is 6.42 Å². The van der Waals surface area contributed by atoms with Crippen LogP contribution in [0.25, 0.3) is 0 Å². The Morgan fingerprint density at radius 1 is 0.611 bits per heavy atom. The standard InChI is InChI=1S/C18H20F16O2/c1-2-3-4-5-6-7-8-10(35)36-9-12(21,22)14(25,26)16(29,30)18(33,34)17(31,32)15(27,28)13(23,24)11(19)20/h11H,2-9H2,1H3. The Labute approximate surface area is 193 Å². The van der Waals surface area contributed by atoms with Crippen LogP contribution in [0.5, 0.6) is 0 Å². The van der Waals surface area contributed by atoms with E-state index in [1.807, 2.05) is 6.92 Å². The molecule has 0 fully saturated rings. The smallest absolute Gasteiger partial charge is 0.385 e. The van der Waals surface area contributed by atoms with E-state index >= 15 is 0 Å². The van der Waals surface area contributed by atoms with Crippen molar-refractivity contribution < 1.29 is 79.8 Å². The Balaban J connectivity index is 5.75. The van der Waals surface area contributed by atoms with Gasteiger partial charge in [0.15, 0.2) is 6.61 Å². The summed E-state index contributed by atoms with van der Waals surface area (Å²) in [6, 6.07) is 0. The van der Waals surface area contributed by atoms with Gasteiger partial charge in [0.05, 0.1) is 0 Å². The minimum absolute atomic E-state index is 0.0710. The minimum Gasteiger partial charge on any atom is -0.459 e. The van der Waals surface area contributed by atoms with Crippen molar-refractivity contribution in [1.29, 1.82) is 0 Å². The van der Waals surface area contributed by atoms with Crippen LogP contribution < -0.4 is 0 Å². The van der Waals surface area contributed by atoms with Gasteiger partial charge in [-0.15, -0.1) is 0 Å². The first-order valence-corrected chi connectivity index (χ1v) is 9.98. The fourth-order valence-electron chi connectivity index (χ4n) is 2.55. The van der Waals surface area contributed by atoms with Gasteiger partial charge in [0.1, 0.15) is 0 Å². The molecule has 0 atom stereocenters. The molecule has 0 heterocycles. The van der Waals surface area contributed by atoms with E-state index < -0.39 is 66.9 Å². The Kier molecular flexibility index (Phi) is 10.9. The lowest BCUT2D eigenvalue weighted by atomic mass is 9.89. The van der Waals surface area contributed by atoms with Crippen molar-refractivity contribution in [3.05, 3.63) is 0 Å². The highest BCUT2D eigenvalue weighted by Crippen LogP contribution is 2.62. The molecule has 0 aromatic heterocycles. The van der Waals surface area contributed by atoms with Gasteiger partial charge in [0.2, 0.25) is 0 Å². The van der Waals surface area contributed by atoms with Crippen LogP contribution in [-0.2, 0) is 9.53 Å². The molecule has 0 aromatic rings. The second-order valence-corrected chi connectivity index (χ2v) is 7.68. The minimum atomic E-state index is -8.46. The third kappa shape index (κ3) is 6.07. The van der Waals surface area contributed by atoms with E-state index in [1.165, 1.54) is 0 Å². The molecule has 0 spiro atoms. The zero-order valence-corrected chi connectivity index (χ0v) is 18.1. The summed E-state index contributed by atoms with van der Waals surface area (Å²) in [5.74, 6) is -56.9. The molecular formula is C18H20F16O2. The van der Waals surface area contributed by atoms with E-state index in [0.717, 1.165) is 12.8 Å². The number of halogens is 16. The van der Waals surface area contributed by atoms with Gasteiger partial charge < -0.3 is 4.74 Å². The molecule has 2 nitrogen and oxygen atoms in total. The zero-order valence-electron chi connectivity index (χ0n) is 18.1. The van der Waals surface area contributed by atoms with Crippen molar-refractivity contribution in [2.75, 3.05) is 6.61 Å². The molecule has 0 saturated heterocycles. The molecule has 0 aliphatic carbocycles. The molecule has 0 amide bonds. The number of rotatable bonds is 16. The van der Waals surface area contributed by atoms with E-state index in [0.29, 0.717) is 19.3 Å². The number of hydrogen-bond donors (Lipinski definition) is 0. The van der Waals surface area contributed by atoms with E-state index in [2.05, 4.69) is 4.74 Å². The van der Waals surface area contributed by atoms with Gasteiger partial charge in [-0.1, -0.05) is 39.0 Å². The third-order valence-corrected chi connectivity index (χ3v) is 4.88. The molecule has 0 saturated carbocycles. The average molecular weight is 572 g/mol. The number of alkyl halides is 16. The molecule has 0 unspecified atom stereocenters. The maximum absolute atomic E-state index is 13.6. The lowest BCUT2D eigenvalue weighted by molar-refractivity contribution is -0.447. The molecule has 36 heavy (non-hydrogen) atoms. The van der Waals surface area contributed by atoms with E-state index in [4.69, 9.17) is 0 Å². The molecule has 18 heteroatoms. The van der Waals surface area contributed by atoms with Gasteiger partial charge >= 0.3 is 53.9 Å². The van der Waals surface area contributed by atoms with E-state index in [9.17, 15) is 75.0 Å². The highest BCUT2D eigenvalue weighted by molar-refractivity contribution is 5.69. The summed E-state index contributed by atoms with van der Waals surface area (Å²) in [4.78, 5) is 11.3.